The van der Waals surface area contributed by atoms with Gasteiger partial charge in [0.25, 0.3) is 0 Å². The van der Waals surface area contributed by atoms with Crippen molar-refractivity contribution in [2.75, 3.05) is 26.4 Å². The minimum Gasteiger partial charge on any atom is -0.481 e. The van der Waals surface area contributed by atoms with Gasteiger partial charge in [-0.2, -0.15) is 0 Å². The van der Waals surface area contributed by atoms with E-state index >= 15 is 0 Å². The van der Waals surface area contributed by atoms with Crippen LogP contribution in [0.25, 0.3) is 0 Å². The number of rotatable bonds is 11. The van der Waals surface area contributed by atoms with Crippen molar-refractivity contribution in [3.8, 4) is 0 Å². The molecule has 1 unspecified atom stereocenters. The molecule has 0 amide bonds. The van der Waals surface area contributed by atoms with Crippen LogP contribution in [0.3, 0.4) is 0 Å². The summed E-state index contributed by atoms with van der Waals surface area (Å²) in [6.45, 7) is 3.61. The zero-order valence-corrected chi connectivity index (χ0v) is 9.85. The molecule has 0 aromatic heterocycles. The van der Waals surface area contributed by atoms with E-state index in [2.05, 4.69) is 0 Å². The molecule has 0 heterocycles. The maximum absolute atomic E-state index is 10.1. The predicted molar refractivity (Wildman–Crippen MR) is 59.4 cm³/mol. The Labute approximate surface area is 96.4 Å². The van der Waals surface area contributed by atoms with Crippen molar-refractivity contribution in [2.45, 2.75) is 38.7 Å². The fraction of sp³-hybridized carbons (Fsp3) is 0.909. The van der Waals surface area contributed by atoms with Crippen molar-refractivity contribution in [3.05, 3.63) is 0 Å². The highest BCUT2D eigenvalue weighted by Gasteiger charge is 2.01. The Morgan fingerprint density at radius 3 is 2.31 bits per heavy atom. The number of ether oxygens (including phenoxy) is 2. The molecule has 0 aliphatic rings. The quantitative estimate of drug-likeness (QED) is 0.522. The van der Waals surface area contributed by atoms with Crippen molar-refractivity contribution < 1.29 is 24.5 Å². The number of aliphatic hydroxyl groups excluding tert-OH is 1. The van der Waals surface area contributed by atoms with E-state index in [-0.39, 0.29) is 19.1 Å². The standard InChI is InChI=1S/C11H22O5/c1-2-3-10(12)4-6-15-8-9-16-7-5-11(13)14/h10,12H,2-9H2,1H3,(H,13,14). The molecule has 5 heteroatoms. The number of aliphatic carboxylic acids is 1. The summed E-state index contributed by atoms with van der Waals surface area (Å²) in [5, 5.41) is 17.7. The first-order valence-corrected chi connectivity index (χ1v) is 5.72. The summed E-state index contributed by atoms with van der Waals surface area (Å²) in [4.78, 5) is 10.1. The van der Waals surface area contributed by atoms with Crippen LogP contribution in [0.1, 0.15) is 32.6 Å². The van der Waals surface area contributed by atoms with Crippen molar-refractivity contribution in [1.82, 2.24) is 0 Å². The third kappa shape index (κ3) is 11.4. The molecule has 0 spiro atoms. The molecule has 2 N–H and O–H groups in total. The third-order valence-corrected chi connectivity index (χ3v) is 2.05. The van der Waals surface area contributed by atoms with Crippen molar-refractivity contribution in [1.29, 1.82) is 0 Å². The topological polar surface area (TPSA) is 76.0 Å². The van der Waals surface area contributed by atoms with Gasteiger partial charge in [-0.25, -0.2) is 0 Å². The lowest BCUT2D eigenvalue weighted by molar-refractivity contribution is -0.138. The van der Waals surface area contributed by atoms with E-state index in [1.165, 1.54) is 0 Å². The van der Waals surface area contributed by atoms with E-state index in [4.69, 9.17) is 14.6 Å². The second kappa shape index (κ2) is 10.9. The van der Waals surface area contributed by atoms with E-state index in [0.717, 1.165) is 12.8 Å². The zero-order valence-electron chi connectivity index (χ0n) is 9.85. The molecule has 0 aliphatic heterocycles. The molecule has 0 aliphatic carbocycles. The summed E-state index contributed by atoms with van der Waals surface area (Å²) in [6.07, 6.45) is 2.16. The number of carboxylic acids is 1. The highest BCUT2D eigenvalue weighted by molar-refractivity contribution is 5.66. The van der Waals surface area contributed by atoms with Gasteiger partial charge >= 0.3 is 5.97 Å². The SMILES string of the molecule is CCCC(O)CCOCCOCCC(=O)O. The molecule has 0 radical (unpaired) electrons. The lowest BCUT2D eigenvalue weighted by atomic mass is 10.1. The predicted octanol–water partition coefficient (Wildman–Crippen LogP) is 1.05. The molecular weight excluding hydrogens is 212 g/mol. The Kier molecular flexibility index (Phi) is 10.4. The summed E-state index contributed by atoms with van der Waals surface area (Å²) in [5.74, 6) is -0.858. The van der Waals surface area contributed by atoms with Crippen molar-refractivity contribution in [2.24, 2.45) is 0 Å². The van der Waals surface area contributed by atoms with Crippen LogP contribution in [-0.4, -0.2) is 48.7 Å². The van der Waals surface area contributed by atoms with E-state index in [1.807, 2.05) is 6.92 Å². The van der Waals surface area contributed by atoms with Gasteiger partial charge in [-0.05, 0) is 12.8 Å². The maximum Gasteiger partial charge on any atom is 0.305 e. The largest absolute Gasteiger partial charge is 0.481 e. The zero-order chi connectivity index (χ0) is 12.2. The Morgan fingerprint density at radius 2 is 1.75 bits per heavy atom. The van der Waals surface area contributed by atoms with Gasteiger partial charge in [-0.15, -0.1) is 0 Å². The summed E-state index contributed by atoms with van der Waals surface area (Å²) in [7, 11) is 0. The average Bonchev–Trinajstić information content (AvgIpc) is 2.22. The van der Waals surface area contributed by atoms with Crippen LogP contribution in [0.15, 0.2) is 0 Å². The summed E-state index contributed by atoms with van der Waals surface area (Å²) < 4.78 is 10.3. The van der Waals surface area contributed by atoms with Crippen LogP contribution < -0.4 is 0 Å². The number of carboxylic acid groups (broad SMARTS) is 1. The first-order chi connectivity index (χ1) is 7.66. The molecule has 0 fully saturated rings. The Morgan fingerprint density at radius 1 is 1.12 bits per heavy atom. The second-order valence-corrected chi connectivity index (χ2v) is 3.60. The molecule has 0 aromatic carbocycles. The first-order valence-electron chi connectivity index (χ1n) is 5.72. The molecule has 16 heavy (non-hydrogen) atoms. The first kappa shape index (κ1) is 15.3. The minimum atomic E-state index is -0.858. The molecular formula is C11H22O5. The molecule has 0 bridgehead atoms. The van der Waals surface area contributed by atoms with Crippen LogP contribution in [0.4, 0.5) is 0 Å². The van der Waals surface area contributed by atoms with Crippen LogP contribution >= 0.6 is 0 Å². The Bertz CT molecular complexity index is 172. The smallest absolute Gasteiger partial charge is 0.305 e. The van der Waals surface area contributed by atoms with E-state index < -0.39 is 5.97 Å². The van der Waals surface area contributed by atoms with Gasteiger partial charge in [0.1, 0.15) is 0 Å². The van der Waals surface area contributed by atoms with E-state index in [0.29, 0.717) is 26.2 Å². The van der Waals surface area contributed by atoms with Crippen molar-refractivity contribution >= 4 is 5.97 Å². The molecule has 0 saturated carbocycles. The fourth-order valence-corrected chi connectivity index (χ4v) is 1.18. The number of hydrogen-bond donors (Lipinski definition) is 2. The van der Waals surface area contributed by atoms with Gasteiger partial charge in [-0.3, -0.25) is 4.79 Å². The molecule has 1 atom stereocenters. The molecule has 0 aromatic rings. The summed E-state index contributed by atoms with van der Waals surface area (Å²) >= 11 is 0. The third-order valence-electron chi connectivity index (χ3n) is 2.05. The van der Waals surface area contributed by atoms with Crippen molar-refractivity contribution in [3.63, 3.8) is 0 Å². The summed E-state index contributed by atoms with van der Waals surface area (Å²) in [5.41, 5.74) is 0. The van der Waals surface area contributed by atoms with Gasteiger partial charge in [-0.1, -0.05) is 13.3 Å². The van der Waals surface area contributed by atoms with Crippen LogP contribution in [-0.2, 0) is 14.3 Å². The lowest BCUT2D eigenvalue weighted by Crippen LogP contribution is -2.13. The van der Waals surface area contributed by atoms with Gasteiger partial charge in [0.2, 0.25) is 0 Å². The van der Waals surface area contributed by atoms with Gasteiger partial charge in [0.15, 0.2) is 0 Å². The van der Waals surface area contributed by atoms with Gasteiger partial charge in [0, 0.05) is 6.61 Å². The molecule has 0 saturated heterocycles. The lowest BCUT2D eigenvalue weighted by Gasteiger charge is -2.09. The van der Waals surface area contributed by atoms with E-state index in [9.17, 15) is 9.90 Å². The Hall–Kier alpha value is -0.650. The minimum absolute atomic E-state index is 0.0230. The van der Waals surface area contributed by atoms with Gasteiger partial charge < -0.3 is 19.7 Å². The fourth-order valence-electron chi connectivity index (χ4n) is 1.18. The molecule has 0 rings (SSSR count). The van der Waals surface area contributed by atoms with Gasteiger partial charge in [0.05, 0.1) is 32.3 Å². The summed E-state index contributed by atoms with van der Waals surface area (Å²) in [6, 6.07) is 0. The maximum atomic E-state index is 10.1. The highest BCUT2D eigenvalue weighted by atomic mass is 16.5. The van der Waals surface area contributed by atoms with E-state index in [1.54, 1.807) is 0 Å². The molecule has 5 nitrogen and oxygen atoms in total. The monoisotopic (exact) mass is 234 g/mol. The molecule has 96 valence electrons. The number of aliphatic hydroxyl groups is 1. The highest BCUT2D eigenvalue weighted by Crippen LogP contribution is 2.00. The normalized spacial score (nSPS) is 12.6. The number of carbonyl (C=O) groups is 1. The van der Waals surface area contributed by atoms with Crippen LogP contribution in [0.2, 0.25) is 0 Å². The average molecular weight is 234 g/mol. The van der Waals surface area contributed by atoms with Crippen LogP contribution in [0, 0.1) is 0 Å². The van der Waals surface area contributed by atoms with Crippen LogP contribution in [0.5, 0.6) is 0 Å². The Balaban J connectivity index is 3.06. The second-order valence-electron chi connectivity index (χ2n) is 3.60. The number of hydrogen-bond acceptors (Lipinski definition) is 4.